The van der Waals surface area contributed by atoms with Crippen LogP contribution in [0.5, 0.6) is 0 Å². The number of benzene rings is 3. The Morgan fingerprint density at radius 2 is 1.43 bits per heavy atom. The molecule has 0 fully saturated rings. The summed E-state index contributed by atoms with van der Waals surface area (Å²) in [4.78, 5) is 0. The number of fused-ring (bicyclic) bond motifs is 7. The molecule has 5 aromatic rings. The fourth-order valence-electron chi connectivity index (χ4n) is 3.26. The minimum absolute atomic E-state index is 0.880. The normalized spacial score (nSPS) is 12.0. The van der Waals surface area contributed by atoms with Crippen molar-refractivity contribution in [3.63, 3.8) is 0 Å². The summed E-state index contributed by atoms with van der Waals surface area (Å²) in [5.74, 6) is 0. The van der Waals surface area contributed by atoms with Crippen LogP contribution in [0.25, 0.3) is 43.9 Å². The molecular formula is C19H12O2. The predicted molar refractivity (Wildman–Crippen MR) is 85.7 cm³/mol. The van der Waals surface area contributed by atoms with E-state index < -0.39 is 0 Å². The summed E-state index contributed by atoms with van der Waals surface area (Å²) in [6.07, 6.45) is 0. The van der Waals surface area contributed by atoms with E-state index in [2.05, 4.69) is 25.1 Å². The van der Waals surface area contributed by atoms with Crippen molar-refractivity contribution in [2.45, 2.75) is 6.92 Å². The Morgan fingerprint density at radius 3 is 2.38 bits per heavy atom. The fourth-order valence-corrected chi connectivity index (χ4v) is 3.26. The summed E-state index contributed by atoms with van der Waals surface area (Å²) in [7, 11) is 0. The van der Waals surface area contributed by atoms with Crippen LogP contribution in [-0.4, -0.2) is 0 Å². The average Bonchev–Trinajstić information content (AvgIpc) is 3.05. The molecule has 0 aliphatic heterocycles. The van der Waals surface area contributed by atoms with E-state index in [4.69, 9.17) is 8.83 Å². The van der Waals surface area contributed by atoms with Crippen molar-refractivity contribution >= 4 is 43.9 Å². The first-order chi connectivity index (χ1) is 10.3. The van der Waals surface area contributed by atoms with Crippen LogP contribution in [0.3, 0.4) is 0 Å². The zero-order valence-electron chi connectivity index (χ0n) is 11.5. The maximum absolute atomic E-state index is 6.13. The van der Waals surface area contributed by atoms with Crippen molar-refractivity contribution in [2.75, 3.05) is 0 Å². The van der Waals surface area contributed by atoms with Gasteiger partial charge in [-0.2, -0.15) is 0 Å². The van der Waals surface area contributed by atoms with Gasteiger partial charge in [0.2, 0.25) is 0 Å². The number of rotatable bonds is 0. The third-order valence-electron chi connectivity index (χ3n) is 4.21. The number of aryl methyl sites for hydroxylation is 1. The fraction of sp³-hybridized carbons (Fsp3) is 0.0526. The molecule has 5 rings (SSSR count). The van der Waals surface area contributed by atoms with Gasteiger partial charge in [0.25, 0.3) is 0 Å². The third kappa shape index (κ3) is 1.32. The summed E-state index contributed by atoms with van der Waals surface area (Å²) in [6, 6.07) is 18.4. The Hall–Kier alpha value is -2.74. The maximum Gasteiger partial charge on any atom is 0.147 e. The van der Waals surface area contributed by atoms with Crippen molar-refractivity contribution < 1.29 is 8.83 Å². The first-order valence-corrected chi connectivity index (χ1v) is 7.05. The highest BCUT2D eigenvalue weighted by atomic mass is 16.3. The molecular weight excluding hydrogens is 260 g/mol. The lowest BCUT2D eigenvalue weighted by Gasteiger charge is -1.95. The van der Waals surface area contributed by atoms with Gasteiger partial charge in [-0.3, -0.25) is 0 Å². The zero-order valence-corrected chi connectivity index (χ0v) is 11.5. The van der Waals surface area contributed by atoms with Gasteiger partial charge in [-0.15, -0.1) is 0 Å². The lowest BCUT2D eigenvalue weighted by Crippen LogP contribution is -1.74. The van der Waals surface area contributed by atoms with Crippen molar-refractivity contribution in [3.05, 3.63) is 60.2 Å². The van der Waals surface area contributed by atoms with E-state index in [1.165, 1.54) is 5.56 Å². The molecule has 2 heteroatoms. The molecule has 2 aromatic heterocycles. The molecule has 0 saturated heterocycles. The molecule has 100 valence electrons. The first kappa shape index (κ1) is 11.0. The third-order valence-corrected chi connectivity index (χ3v) is 4.21. The van der Waals surface area contributed by atoms with Crippen LogP contribution >= 0.6 is 0 Å². The van der Waals surface area contributed by atoms with Gasteiger partial charge in [-0.1, -0.05) is 30.3 Å². The van der Waals surface area contributed by atoms with Gasteiger partial charge in [0, 0.05) is 16.2 Å². The number of furan rings is 2. The van der Waals surface area contributed by atoms with Crippen molar-refractivity contribution in [1.82, 2.24) is 0 Å². The van der Waals surface area contributed by atoms with Gasteiger partial charge < -0.3 is 8.83 Å². The molecule has 0 aliphatic rings. The smallest absolute Gasteiger partial charge is 0.147 e. The topological polar surface area (TPSA) is 26.3 Å². The largest absolute Gasteiger partial charge is 0.456 e. The van der Waals surface area contributed by atoms with Crippen LogP contribution < -0.4 is 0 Å². The summed E-state index contributed by atoms with van der Waals surface area (Å²) in [5, 5.41) is 4.52. The second kappa shape index (κ2) is 3.67. The highest BCUT2D eigenvalue weighted by Gasteiger charge is 2.16. The molecule has 0 unspecified atom stereocenters. The van der Waals surface area contributed by atoms with Gasteiger partial charge >= 0.3 is 0 Å². The van der Waals surface area contributed by atoms with Gasteiger partial charge in [0.1, 0.15) is 22.3 Å². The predicted octanol–water partition coefficient (Wildman–Crippen LogP) is 5.79. The maximum atomic E-state index is 6.13. The summed E-state index contributed by atoms with van der Waals surface area (Å²) < 4.78 is 12.1. The molecule has 2 heterocycles. The standard InChI is InChI=1S/C19H12O2/c1-11-5-4-8-15-17(11)18-16(20-15)10-9-13-12-6-2-3-7-14(12)21-19(13)18/h2-10H,1H3. The van der Waals surface area contributed by atoms with Crippen LogP contribution in [0.4, 0.5) is 0 Å². The number of hydrogen-bond donors (Lipinski definition) is 0. The van der Waals surface area contributed by atoms with E-state index in [9.17, 15) is 0 Å². The highest BCUT2D eigenvalue weighted by Crippen LogP contribution is 2.39. The molecule has 0 saturated carbocycles. The van der Waals surface area contributed by atoms with Crippen LogP contribution in [0.15, 0.2) is 63.4 Å². The Bertz CT molecular complexity index is 1140. The molecule has 0 amide bonds. The quantitative estimate of drug-likeness (QED) is 0.356. The van der Waals surface area contributed by atoms with Crippen molar-refractivity contribution in [2.24, 2.45) is 0 Å². The van der Waals surface area contributed by atoms with E-state index >= 15 is 0 Å². The molecule has 3 aromatic carbocycles. The van der Waals surface area contributed by atoms with E-state index in [0.29, 0.717) is 0 Å². The number of hydrogen-bond acceptors (Lipinski definition) is 2. The average molecular weight is 272 g/mol. The summed E-state index contributed by atoms with van der Waals surface area (Å²) in [6.45, 7) is 2.11. The SMILES string of the molecule is Cc1cccc2oc3ccc4c5ccccc5oc4c3c12. The second-order valence-electron chi connectivity index (χ2n) is 5.46. The molecule has 0 radical (unpaired) electrons. The molecule has 0 N–H and O–H groups in total. The number of para-hydroxylation sites is 1. The monoisotopic (exact) mass is 272 g/mol. The zero-order chi connectivity index (χ0) is 14.0. The van der Waals surface area contributed by atoms with Crippen LogP contribution in [-0.2, 0) is 0 Å². The second-order valence-corrected chi connectivity index (χ2v) is 5.46. The van der Waals surface area contributed by atoms with Gasteiger partial charge in [0.15, 0.2) is 0 Å². The van der Waals surface area contributed by atoms with Crippen LogP contribution in [0.2, 0.25) is 0 Å². The minimum atomic E-state index is 0.880. The first-order valence-electron chi connectivity index (χ1n) is 7.05. The van der Waals surface area contributed by atoms with Gasteiger partial charge in [-0.05, 0) is 36.8 Å². The van der Waals surface area contributed by atoms with Gasteiger partial charge in [0.05, 0.1) is 5.39 Å². The molecule has 0 atom stereocenters. The summed E-state index contributed by atoms with van der Waals surface area (Å²) in [5.41, 5.74) is 4.84. The van der Waals surface area contributed by atoms with E-state index in [0.717, 1.165) is 43.9 Å². The Kier molecular flexibility index (Phi) is 1.92. The molecule has 21 heavy (non-hydrogen) atoms. The summed E-state index contributed by atoms with van der Waals surface area (Å²) >= 11 is 0. The molecule has 0 aliphatic carbocycles. The van der Waals surface area contributed by atoms with E-state index in [-0.39, 0.29) is 0 Å². The Balaban J connectivity index is 2.15. The van der Waals surface area contributed by atoms with Crippen LogP contribution in [0.1, 0.15) is 5.56 Å². The molecule has 2 nitrogen and oxygen atoms in total. The van der Waals surface area contributed by atoms with Crippen LogP contribution in [0, 0.1) is 6.92 Å². The van der Waals surface area contributed by atoms with E-state index in [1.807, 2.05) is 36.4 Å². The Labute approximate surface area is 120 Å². The lowest BCUT2D eigenvalue weighted by atomic mass is 10.0. The minimum Gasteiger partial charge on any atom is -0.456 e. The molecule has 0 bridgehead atoms. The van der Waals surface area contributed by atoms with Gasteiger partial charge in [-0.25, -0.2) is 0 Å². The van der Waals surface area contributed by atoms with Crippen molar-refractivity contribution in [1.29, 1.82) is 0 Å². The lowest BCUT2D eigenvalue weighted by molar-refractivity contribution is 0.663. The Morgan fingerprint density at radius 1 is 0.619 bits per heavy atom. The molecule has 0 spiro atoms. The van der Waals surface area contributed by atoms with Crippen molar-refractivity contribution in [3.8, 4) is 0 Å². The van der Waals surface area contributed by atoms with E-state index in [1.54, 1.807) is 0 Å². The highest BCUT2D eigenvalue weighted by molar-refractivity contribution is 6.22.